The number of hydrogen-bond acceptors (Lipinski definition) is 3. The van der Waals surface area contributed by atoms with Gasteiger partial charge in [0.25, 0.3) is 0 Å². The molecule has 0 unspecified atom stereocenters. The highest BCUT2D eigenvalue weighted by Crippen LogP contribution is 2.24. The summed E-state index contributed by atoms with van der Waals surface area (Å²) in [6, 6.07) is 0. The molecule has 4 heteroatoms. The van der Waals surface area contributed by atoms with Crippen LogP contribution in [0.1, 0.15) is 38.5 Å². The molecule has 0 radical (unpaired) electrons. The van der Waals surface area contributed by atoms with Crippen LogP contribution < -0.4 is 16.4 Å². The van der Waals surface area contributed by atoms with E-state index < -0.39 is 0 Å². The van der Waals surface area contributed by atoms with Crippen LogP contribution >= 0.6 is 0 Å². The Kier molecular flexibility index (Phi) is 5.05. The molecule has 1 aliphatic carbocycles. The van der Waals surface area contributed by atoms with E-state index in [0.29, 0.717) is 13.0 Å². The lowest BCUT2D eigenvalue weighted by Crippen LogP contribution is -2.51. The Hall–Kier alpha value is -0.610. The molecule has 1 fully saturated rings. The first-order valence-corrected chi connectivity index (χ1v) is 5.86. The van der Waals surface area contributed by atoms with Gasteiger partial charge in [0.1, 0.15) is 0 Å². The van der Waals surface area contributed by atoms with Crippen LogP contribution in [0.4, 0.5) is 0 Å². The van der Waals surface area contributed by atoms with Crippen LogP contribution in [0.2, 0.25) is 0 Å². The van der Waals surface area contributed by atoms with Crippen LogP contribution in [0.15, 0.2) is 0 Å². The van der Waals surface area contributed by atoms with Crippen molar-refractivity contribution in [2.45, 2.75) is 44.1 Å². The number of rotatable bonds is 5. The van der Waals surface area contributed by atoms with Gasteiger partial charge in [-0.25, -0.2) is 0 Å². The molecule has 0 aromatic carbocycles. The molecule has 0 aromatic rings. The topological polar surface area (TPSA) is 67.2 Å². The van der Waals surface area contributed by atoms with Crippen LogP contribution in [0, 0.1) is 0 Å². The predicted octanol–water partition coefficient (Wildman–Crippen LogP) is 0.374. The first kappa shape index (κ1) is 12.5. The second-order valence-corrected chi connectivity index (χ2v) is 4.55. The summed E-state index contributed by atoms with van der Waals surface area (Å²) in [5.41, 5.74) is 6.06. The van der Waals surface area contributed by atoms with Crippen LogP contribution in [0.25, 0.3) is 0 Å². The lowest BCUT2D eigenvalue weighted by atomic mass is 9.82. The largest absolute Gasteiger partial charge is 0.354 e. The number of carbonyl (C=O) groups is 1. The normalized spacial score (nSPS) is 19.9. The number of nitrogens with one attached hydrogen (secondary N) is 2. The fourth-order valence-electron chi connectivity index (χ4n) is 2.03. The third-order valence-electron chi connectivity index (χ3n) is 3.09. The molecule has 0 bridgehead atoms. The molecule has 1 amide bonds. The molecule has 15 heavy (non-hydrogen) atoms. The van der Waals surface area contributed by atoms with Crippen molar-refractivity contribution >= 4 is 5.91 Å². The highest BCUT2D eigenvalue weighted by Gasteiger charge is 2.27. The smallest absolute Gasteiger partial charge is 0.221 e. The maximum Gasteiger partial charge on any atom is 0.221 e. The average Bonchev–Trinajstić information content (AvgIpc) is 2.25. The molecule has 1 rings (SSSR count). The SMILES string of the molecule is CNCCC(=O)NCC1(N)CCCCC1. The van der Waals surface area contributed by atoms with Crippen LogP contribution in [0.5, 0.6) is 0 Å². The number of carbonyl (C=O) groups excluding carboxylic acids is 1. The molecule has 0 atom stereocenters. The molecule has 1 aliphatic rings. The highest BCUT2D eigenvalue weighted by molar-refractivity contribution is 5.76. The molecular formula is C11H23N3O. The first-order chi connectivity index (χ1) is 7.16. The van der Waals surface area contributed by atoms with Gasteiger partial charge in [0.2, 0.25) is 5.91 Å². The summed E-state index contributed by atoms with van der Waals surface area (Å²) < 4.78 is 0. The minimum atomic E-state index is -0.145. The van der Waals surface area contributed by atoms with Crippen molar-refractivity contribution < 1.29 is 4.79 Å². The zero-order valence-corrected chi connectivity index (χ0v) is 9.64. The van der Waals surface area contributed by atoms with Gasteiger partial charge in [0.15, 0.2) is 0 Å². The minimum Gasteiger partial charge on any atom is -0.354 e. The van der Waals surface area contributed by atoms with Gasteiger partial charge in [-0.2, -0.15) is 0 Å². The average molecular weight is 213 g/mol. The quantitative estimate of drug-likeness (QED) is 0.618. The standard InChI is InChI=1S/C11H23N3O/c1-13-8-5-10(15)14-9-11(12)6-3-2-4-7-11/h13H,2-9,12H2,1H3,(H,14,15). The minimum absolute atomic E-state index is 0.0970. The van der Waals surface area contributed by atoms with Gasteiger partial charge in [0, 0.05) is 25.0 Å². The van der Waals surface area contributed by atoms with E-state index in [1.807, 2.05) is 7.05 Å². The summed E-state index contributed by atoms with van der Waals surface area (Å²) in [4.78, 5) is 11.4. The molecule has 0 spiro atoms. The summed E-state index contributed by atoms with van der Waals surface area (Å²) >= 11 is 0. The third-order valence-corrected chi connectivity index (χ3v) is 3.09. The van der Waals surface area contributed by atoms with E-state index in [-0.39, 0.29) is 11.4 Å². The van der Waals surface area contributed by atoms with E-state index in [4.69, 9.17) is 5.73 Å². The Morgan fingerprint density at radius 3 is 2.60 bits per heavy atom. The van der Waals surface area contributed by atoms with Gasteiger partial charge in [-0.3, -0.25) is 4.79 Å². The molecule has 1 saturated carbocycles. The maximum atomic E-state index is 11.4. The Bertz CT molecular complexity index is 200. The van der Waals surface area contributed by atoms with E-state index in [0.717, 1.165) is 19.4 Å². The highest BCUT2D eigenvalue weighted by atomic mass is 16.1. The Labute approximate surface area is 92.0 Å². The van der Waals surface area contributed by atoms with Gasteiger partial charge in [0.05, 0.1) is 0 Å². The van der Waals surface area contributed by atoms with Crippen LogP contribution in [-0.4, -0.2) is 31.6 Å². The van der Waals surface area contributed by atoms with E-state index in [1.54, 1.807) is 0 Å². The fraction of sp³-hybridized carbons (Fsp3) is 0.909. The second kappa shape index (κ2) is 6.08. The summed E-state index contributed by atoms with van der Waals surface area (Å²) in [5, 5.41) is 5.88. The Morgan fingerprint density at radius 2 is 2.00 bits per heavy atom. The monoisotopic (exact) mass is 213 g/mol. The lowest BCUT2D eigenvalue weighted by molar-refractivity contribution is -0.121. The molecular weight excluding hydrogens is 190 g/mol. The van der Waals surface area contributed by atoms with Crippen molar-refractivity contribution in [3.05, 3.63) is 0 Å². The third kappa shape index (κ3) is 4.62. The fourth-order valence-corrected chi connectivity index (χ4v) is 2.03. The summed E-state index contributed by atoms with van der Waals surface area (Å²) in [6.07, 6.45) is 6.30. The van der Waals surface area contributed by atoms with Crippen LogP contribution in [-0.2, 0) is 4.79 Å². The zero-order valence-electron chi connectivity index (χ0n) is 9.64. The van der Waals surface area contributed by atoms with Gasteiger partial charge < -0.3 is 16.4 Å². The van der Waals surface area contributed by atoms with E-state index in [9.17, 15) is 4.79 Å². The van der Waals surface area contributed by atoms with Crippen molar-refractivity contribution in [3.63, 3.8) is 0 Å². The van der Waals surface area contributed by atoms with E-state index in [2.05, 4.69) is 10.6 Å². The molecule has 0 heterocycles. The molecule has 0 saturated heterocycles. The van der Waals surface area contributed by atoms with Crippen molar-refractivity contribution in [1.82, 2.24) is 10.6 Å². The van der Waals surface area contributed by atoms with Gasteiger partial charge >= 0.3 is 0 Å². The molecule has 88 valence electrons. The van der Waals surface area contributed by atoms with Crippen molar-refractivity contribution in [3.8, 4) is 0 Å². The summed E-state index contributed by atoms with van der Waals surface area (Å²) in [5.74, 6) is 0.0970. The number of nitrogens with two attached hydrogens (primary N) is 1. The van der Waals surface area contributed by atoms with Crippen LogP contribution in [0.3, 0.4) is 0 Å². The molecule has 4 nitrogen and oxygen atoms in total. The van der Waals surface area contributed by atoms with Gasteiger partial charge in [-0.1, -0.05) is 19.3 Å². The van der Waals surface area contributed by atoms with Crippen molar-refractivity contribution in [2.75, 3.05) is 20.1 Å². The Balaban J connectivity index is 2.19. The summed E-state index contributed by atoms with van der Waals surface area (Å²) in [6.45, 7) is 1.36. The zero-order chi connectivity index (χ0) is 11.1. The van der Waals surface area contributed by atoms with E-state index >= 15 is 0 Å². The van der Waals surface area contributed by atoms with Crippen molar-refractivity contribution in [2.24, 2.45) is 5.73 Å². The summed E-state index contributed by atoms with van der Waals surface area (Å²) in [7, 11) is 1.85. The molecule has 0 aliphatic heterocycles. The second-order valence-electron chi connectivity index (χ2n) is 4.55. The van der Waals surface area contributed by atoms with Crippen molar-refractivity contribution in [1.29, 1.82) is 0 Å². The van der Waals surface area contributed by atoms with E-state index in [1.165, 1.54) is 19.3 Å². The molecule has 0 aromatic heterocycles. The molecule has 4 N–H and O–H groups in total. The lowest BCUT2D eigenvalue weighted by Gasteiger charge is -2.33. The number of hydrogen-bond donors (Lipinski definition) is 3. The number of amides is 1. The Morgan fingerprint density at radius 1 is 1.33 bits per heavy atom. The maximum absolute atomic E-state index is 11.4. The first-order valence-electron chi connectivity index (χ1n) is 5.86. The van der Waals surface area contributed by atoms with Gasteiger partial charge in [-0.05, 0) is 19.9 Å². The van der Waals surface area contributed by atoms with Gasteiger partial charge in [-0.15, -0.1) is 0 Å². The predicted molar refractivity (Wildman–Crippen MR) is 61.6 cm³/mol.